The van der Waals surface area contributed by atoms with Crippen molar-refractivity contribution in [1.29, 1.82) is 0 Å². The molecule has 0 aliphatic rings. The third kappa shape index (κ3) is 3.59. The van der Waals surface area contributed by atoms with E-state index in [9.17, 15) is 0 Å². The molecule has 1 nitrogen and oxygen atoms in total. The first-order valence-electron chi connectivity index (χ1n) is 2.63. The first-order chi connectivity index (χ1) is 3.35. The van der Waals surface area contributed by atoms with E-state index in [4.69, 9.17) is 9.07 Å². The summed E-state index contributed by atoms with van der Waals surface area (Å²) in [6, 6.07) is 0. The second kappa shape index (κ2) is 5.16. The Morgan fingerprint density at radius 1 is 1.43 bits per heavy atom. The molecule has 0 fully saturated rings. The summed E-state index contributed by atoms with van der Waals surface area (Å²) in [6.45, 7) is 6.51. The van der Waals surface area contributed by atoms with Crippen LogP contribution in [0.1, 0.15) is 13.8 Å². The third-order valence-corrected chi connectivity index (χ3v) is 3.31. The van der Waals surface area contributed by atoms with Crippen LogP contribution in [0.15, 0.2) is 0 Å². The molecule has 0 unspecified atom stereocenters. The Morgan fingerprint density at radius 3 is 1.86 bits per heavy atom. The monoisotopic (exact) mass is 131 g/mol. The van der Waals surface area contributed by atoms with E-state index in [0.717, 1.165) is 13.1 Å². The molecular formula is C4H10ClMgN. The average Bonchev–Trinajstić information content (AvgIpc) is 1.72. The van der Waals surface area contributed by atoms with Crippen molar-refractivity contribution in [3.8, 4) is 0 Å². The van der Waals surface area contributed by atoms with Crippen molar-refractivity contribution in [1.82, 2.24) is 3.22 Å². The van der Waals surface area contributed by atoms with Crippen LogP contribution in [0.2, 0.25) is 0 Å². The average molecular weight is 132 g/mol. The van der Waals surface area contributed by atoms with Crippen molar-refractivity contribution in [3.05, 3.63) is 0 Å². The zero-order valence-corrected chi connectivity index (χ0v) is 7.12. The minimum atomic E-state index is -0.367. The molecule has 0 aromatic rings. The van der Waals surface area contributed by atoms with Gasteiger partial charge in [-0.2, -0.15) is 0 Å². The van der Waals surface area contributed by atoms with E-state index in [1.807, 2.05) is 0 Å². The molecule has 40 valence electrons. The van der Waals surface area contributed by atoms with Crippen LogP contribution in [-0.4, -0.2) is 35.8 Å². The molecular weight excluding hydrogens is 122 g/mol. The van der Waals surface area contributed by atoms with Crippen LogP contribution < -0.4 is 0 Å². The fourth-order valence-electron chi connectivity index (χ4n) is 0.393. The molecule has 0 atom stereocenters. The van der Waals surface area contributed by atoms with Gasteiger partial charge in [0, 0.05) is 0 Å². The lowest BCUT2D eigenvalue weighted by molar-refractivity contribution is 0.502. The molecule has 0 heterocycles. The van der Waals surface area contributed by atoms with Gasteiger partial charge in [-0.1, -0.05) is 13.8 Å². The molecule has 0 aromatic carbocycles. The molecule has 0 radical (unpaired) electrons. The number of hydrogen-bond acceptors (Lipinski definition) is 1. The van der Waals surface area contributed by atoms with Crippen molar-refractivity contribution >= 4 is 28.6 Å². The largest absolute Gasteiger partial charge is 0.607 e. The molecule has 0 bridgehead atoms. The molecule has 0 spiro atoms. The van der Waals surface area contributed by atoms with Crippen molar-refractivity contribution < 1.29 is 0 Å². The fraction of sp³-hybridized carbons (Fsp3) is 1.00. The minimum Gasteiger partial charge on any atom is -0.424 e. The number of hydrogen-bond donors (Lipinski definition) is 0. The Kier molecular flexibility index (Phi) is 5.91. The van der Waals surface area contributed by atoms with E-state index in [-0.39, 0.29) is 19.5 Å². The highest BCUT2D eigenvalue weighted by atomic mass is 35.5. The maximum Gasteiger partial charge on any atom is 0.607 e. The second-order valence-electron chi connectivity index (χ2n) is 1.42. The first-order valence-corrected chi connectivity index (χ1v) is 5.40. The lowest BCUT2D eigenvalue weighted by atomic mass is 10.7. The van der Waals surface area contributed by atoms with Crippen LogP contribution >= 0.6 is 9.07 Å². The molecule has 0 saturated carbocycles. The van der Waals surface area contributed by atoms with Gasteiger partial charge >= 0.3 is 19.5 Å². The molecule has 0 N–H and O–H groups in total. The van der Waals surface area contributed by atoms with Crippen LogP contribution in [0, 0.1) is 0 Å². The summed E-state index contributed by atoms with van der Waals surface area (Å²) in [7, 11) is 5.63. The predicted octanol–water partition coefficient (Wildman–Crippen LogP) is 1.10. The molecule has 0 aliphatic carbocycles. The van der Waals surface area contributed by atoms with Gasteiger partial charge in [0.05, 0.1) is 0 Å². The Balaban J connectivity index is 2.99. The van der Waals surface area contributed by atoms with E-state index >= 15 is 0 Å². The predicted molar refractivity (Wildman–Crippen MR) is 34.5 cm³/mol. The standard InChI is InChI=1S/C4H10N.ClH.Mg/c1-3-5-4-2;;/h3-4H2,1-2H3;1H;/q-1;;+2/p-1. The van der Waals surface area contributed by atoms with Crippen LogP contribution in [-0.2, 0) is 0 Å². The smallest absolute Gasteiger partial charge is 0.424 e. The highest BCUT2D eigenvalue weighted by molar-refractivity contribution is 6.92. The quantitative estimate of drug-likeness (QED) is 0.519. The van der Waals surface area contributed by atoms with Gasteiger partial charge in [0.25, 0.3) is 0 Å². The van der Waals surface area contributed by atoms with Crippen LogP contribution in [0.4, 0.5) is 0 Å². The van der Waals surface area contributed by atoms with Crippen molar-refractivity contribution in [3.63, 3.8) is 0 Å². The van der Waals surface area contributed by atoms with E-state index < -0.39 is 0 Å². The summed E-state index contributed by atoms with van der Waals surface area (Å²) >= 11 is -0.367. The van der Waals surface area contributed by atoms with Crippen LogP contribution in [0.3, 0.4) is 0 Å². The van der Waals surface area contributed by atoms with E-state index in [1.54, 1.807) is 0 Å². The van der Waals surface area contributed by atoms with Gasteiger partial charge in [-0.05, 0) is 13.1 Å². The van der Waals surface area contributed by atoms with Gasteiger partial charge < -0.3 is 12.3 Å². The van der Waals surface area contributed by atoms with E-state index in [1.165, 1.54) is 0 Å². The summed E-state index contributed by atoms with van der Waals surface area (Å²) in [5, 5.41) is 0. The fourth-order valence-corrected chi connectivity index (χ4v) is 1.74. The maximum atomic E-state index is 5.63. The topological polar surface area (TPSA) is 3.24 Å². The van der Waals surface area contributed by atoms with Gasteiger partial charge in [-0.15, -0.1) is 0 Å². The van der Waals surface area contributed by atoms with E-state index in [2.05, 4.69) is 17.1 Å². The first kappa shape index (κ1) is 8.02. The molecule has 0 aliphatic heterocycles. The second-order valence-corrected chi connectivity index (χ2v) is 3.27. The Hall–Kier alpha value is 1.02. The number of rotatable bonds is 3. The minimum absolute atomic E-state index is 0.367. The highest BCUT2D eigenvalue weighted by Crippen LogP contribution is 1.83. The van der Waals surface area contributed by atoms with Gasteiger partial charge in [0.15, 0.2) is 0 Å². The van der Waals surface area contributed by atoms with E-state index in [0.29, 0.717) is 0 Å². The number of nitrogens with zero attached hydrogens (tertiary/aromatic N) is 1. The van der Waals surface area contributed by atoms with Crippen LogP contribution in [0.25, 0.3) is 0 Å². The van der Waals surface area contributed by atoms with Gasteiger partial charge in [0.1, 0.15) is 0 Å². The van der Waals surface area contributed by atoms with Gasteiger partial charge in [-0.25, -0.2) is 0 Å². The summed E-state index contributed by atoms with van der Waals surface area (Å²) in [4.78, 5) is 0. The van der Waals surface area contributed by atoms with Gasteiger partial charge in [0.2, 0.25) is 0 Å². The summed E-state index contributed by atoms with van der Waals surface area (Å²) in [5.41, 5.74) is 0. The molecule has 3 heteroatoms. The summed E-state index contributed by atoms with van der Waals surface area (Å²) < 4.78 is 2.28. The lowest BCUT2D eigenvalue weighted by Gasteiger charge is -2.12. The zero-order valence-electron chi connectivity index (χ0n) is 4.95. The van der Waals surface area contributed by atoms with Crippen molar-refractivity contribution in [2.24, 2.45) is 0 Å². The lowest BCUT2D eigenvalue weighted by Crippen LogP contribution is -2.23. The Morgan fingerprint density at radius 2 is 1.86 bits per heavy atom. The molecule has 0 rings (SSSR count). The highest BCUT2D eigenvalue weighted by Gasteiger charge is 1.98. The Bertz CT molecular complexity index is 33.2. The molecule has 0 aromatic heterocycles. The zero-order chi connectivity index (χ0) is 5.70. The number of halogens is 1. The third-order valence-electron chi connectivity index (χ3n) is 1.06. The molecule has 0 saturated heterocycles. The van der Waals surface area contributed by atoms with Crippen molar-refractivity contribution in [2.45, 2.75) is 13.8 Å². The summed E-state index contributed by atoms with van der Waals surface area (Å²) in [6.07, 6.45) is 0. The maximum absolute atomic E-state index is 5.63. The van der Waals surface area contributed by atoms with Gasteiger partial charge in [-0.3, -0.25) is 0 Å². The SMILES string of the molecule is CC[N](CC)[Mg][Cl]. The van der Waals surface area contributed by atoms with Crippen molar-refractivity contribution in [2.75, 3.05) is 13.1 Å². The molecule has 7 heavy (non-hydrogen) atoms. The van der Waals surface area contributed by atoms with Crippen LogP contribution in [0.5, 0.6) is 0 Å². The Labute approximate surface area is 58.9 Å². The molecule has 0 amide bonds. The normalized spacial score (nSPS) is 9.14. The summed E-state index contributed by atoms with van der Waals surface area (Å²) in [5.74, 6) is 0.